The van der Waals surface area contributed by atoms with Gasteiger partial charge in [0.1, 0.15) is 24.0 Å². The van der Waals surface area contributed by atoms with E-state index in [2.05, 4.69) is 6.92 Å². The monoisotopic (exact) mass is 456 g/mol. The minimum absolute atomic E-state index is 0.117. The Labute approximate surface area is 192 Å². The van der Waals surface area contributed by atoms with Gasteiger partial charge in [-0.15, -0.1) is 0 Å². The van der Waals surface area contributed by atoms with E-state index in [1.165, 1.54) is 17.7 Å². The van der Waals surface area contributed by atoms with Gasteiger partial charge in [0.15, 0.2) is 12.3 Å². The van der Waals surface area contributed by atoms with Crippen molar-refractivity contribution in [2.24, 2.45) is 0 Å². The normalized spacial score (nSPS) is 16.9. The molecule has 5 heteroatoms. The van der Waals surface area contributed by atoms with Gasteiger partial charge in [0.2, 0.25) is 0 Å². The van der Waals surface area contributed by atoms with E-state index in [0.717, 1.165) is 19.3 Å². The van der Waals surface area contributed by atoms with E-state index in [0.29, 0.717) is 24.2 Å². The summed E-state index contributed by atoms with van der Waals surface area (Å²) >= 11 is 0. The maximum Gasteiger partial charge on any atom is 0.164 e. The number of hydrogen-bond acceptors (Lipinski definition) is 1. The fraction of sp³-hybridized carbons (Fsp3) is 0.357. The van der Waals surface area contributed by atoms with Crippen molar-refractivity contribution in [3.05, 3.63) is 88.0 Å². The van der Waals surface area contributed by atoms with Gasteiger partial charge in [-0.2, -0.15) is 0 Å². The molecule has 33 heavy (non-hydrogen) atoms. The van der Waals surface area contributed by atoms with E-state index in [-0.39, 0.29) is 34.4 Å². The molecule has 0 aromatic heterocycles. The second kappa shape index (κ2) is 9.98. The topological polar surface area (TPSA) is 9.23 Å². The van der Waals surface area contributed by atoms with Gasteiger partial charge in [-0.3, -0.25) is 0 Å². The smallest absolute Gasteiger partial charge is 0.164 e. The second-order valence-corrected chi connectivity index (χ2v) is 8.59. The summed E-state index contributed by atoms with van der Waals surface area (Å²) in [6, 6.07) is 13.8. The Balaban J connectivity index is 1.61. The second-order valence-electron chi connectivity index (χ2n) is 8.59. The van der Waals surface area contributed by atoms with Gasteiger partial charge in [-0.1, -0.05) is 63.1 Å². The quantitative estimate of drug-likeness (QED) is 0.309. The van der Waals surface area contributed by atoms with Gasteiger partial charge < -0.3 is 4.74 Å². The number of alkyl halides is 2. The lowest BCUT2D eigenvalue weighted by Crippen LogP contribution is -2.17. The zero-order chi connectivity index (χ0) is 23.5. The first-order chi connectivity index (χ1) is 16.0. The first-order valence-corrected chi connectivity index (χ1v) is 11.6. The summed E-state index contributed by atoms with van der Waals surface area (Å²) in [7, 11) is 0. The Morgan fingerprint density at radius 2 is 1.27 bits per heavy atom. The fourth-order valence-electron chi connectivity index (χ4n) is 4.45. The number of ether oxygens (including phenoxy) is 1. The first-order valence-electron chi connectivity index (χ1n) is 11.6. The van der Waals surface area contributed by atoms with Crippen molar-refractivity contribution in [3.8, 4) is 16.9 Å². The molecule has 0 bridgehead atoms. The van der Waals surface area contributed by atoms with Gasteiger partial charge in [0.05, 0.1) is 0 Å². The molecular formula is C28H28F4O. The lowest BCUT2D eigenvalue weighted by Gasteiger charge is -2.28. The minimum atomic E-state index is -2.28. The lowest BCUT2D eigenvalue weighted by molar-refractivity contribution is 0.159. The maximum atomic E-state index is 15.3. The molecule has 3 aromatic carbocycles. The zero-order valence-corrected chi connectivity index (χ0v) is 18.9. The highest BCUT2D eigenvalue weighted by Gasteiger charge is 2.39. The predicted molar refractivity (Wildman–Crippen MR) is 123 cm³/mol. The number of rotatable bonds is 8. The van der Waals surface area contributed by atoms with Crippen LogP contribution in [0.15, 0.2) is 48.5 Å². The third kappa shape index (κ3) is 4.50. The average Bonchev–Trinajstić information content (AvgIpc) is 2.82. The number of hydrogen-bond donors (Lipinski definition) is 0. The van der Waals surface area contributed by atoms with Crippen LogP contribution in [-0.2, 0) is 19.4 Å². The molecule has 2 atom stereocenters. The molecule has 1 nitrogen and oxygen atoms in total. The van der Waals surface area contributed by atoms with Crippen LogP contribution in [0.3, 0.4) is 0 Å². The van der Waals surface area contributed by atoms with E-state index in [4.69, 9.17) is 4.74 Å². The van der Waals surface area contributed by atoms with Crippen LogP contribution in [0.5, 0.6) is 5.75 Å². The molecule has 0 fully saturated rings. The van der Waals surface area contributed by atoms with E-state index in [1.54, 1.807) is 12.1 Å². The van der Waals surface area contributed by atoms with Crippen LogP contribution >= 0.6 is 0 Å². The molecular weight excluding hydrogens is 428 g/mol. The third-order valence-electron chi connectivity index (χ3n) is 6.27. The van der Waals surface area contributed by atoms with E-state index >= 15 is 13.2 Å². The number of aryl methyl sites for hydroxylation is 2. The summed E-state index contributed by atoms with van der Waals surface area (Å²) in [5, 5.41) is 0. The fourth-order valence-corrected chi connectivity index (χ4v) is 4.45. The highest BCUT2D eigenvalue weighted by atomic mass is 19.2. The summed E-state index contributed by atoms with van der Waals surface area (Å²) in [6.45, 7) is 3.91. The molecule has 3 aromatic rings. The molecule has 4 rings (SSSR count). The van der Waals surface area contributed by atoms with Gasteiger partial charge in [0, 0.05) is 16.7 Å². The lowest BCUT2D eigenvalue weighted by atomic mass is 9.81. The van der Waals surface area contributed by atoms with E-state index < -0.39 is 24.0 Å². The molecule has 0 aliphatic heterocycles. The molecule has 0 saturated carbocycles. The van der Waals surface area contributed by atoms with Crippen LogP contribution in [0, 0.1) is 11.6 Å². The number of benzene rings is 3. The summed E-state index contributed by atoms with van der Waals surface area (Å²) in [5.74, 6) is -1.00. The van der Waals surface area contributed by atoms with Crippen LogP contribution < -0.4 is 4.74 Å². The molecule has 0 N–H and O–H groups in total. The Hall–Kier alpha value is -2.82. The van der Waals surface area contributed by atoms with Crippen LogP contribution in [0.1, 0.15) is 73.3 Å². The molecule has 0 saturated heterocycles. The molecule has 1 aliphatic rings. The summed E-state index contributed by atoms with van der Waals surface area (Å²) < 4.78 is 66.0. The minimum Gasteiger partial charge on any atom is -0.489 e. The van der Waals surface area contributed by atoms with Gasteiger partial charge in [-0.05, 0) is 53.6 Å². The predicted octanol–water partition coefficient (Wildman–Crippen LogP) is 8.54. The van der Waals surface area contributed by atoms with Crippen LogP contribution in [0.25, 0.3) is 11.1 Å². The molecule has 0 amide bonds. The Morgan fingerprint density at radius 1 is 0.697 bits per heavy atom. The zero-order valence-electron chi connectivity index (χ0n) is 18.9. The van der Waals surface area contributed by atoms with Crippen molar-refractivity contribution in [1.82, 2.24) is 0 Å². The molecule has 0 radical (unpaired) electrons. The van der Waals surface area contributed by atoms with Gasteiger partial charge >= 0.3 is 0 Å². The Bertz CT molecular complexity index is 1120. The highest BCUT2D eigenvalue weighted by molar-refractivity contribution is 5.76. The van der Waals surface area contributed by atoms with E-state index in [9.17, 15) is 4.39 Å². The van der Waals surface area contributed by atoms with Crippen molar-refractivity contribution >= 4 is 0 Å². The standard InChI is InChI=1S/C28H28F4O/c1-3-5-7-17-8-12-20(13-9-17)33-16-19-11-15-22-21-14-10-18(6-4-2)25(29)23(21)27(31)28(32)24(22)26(19)30/h8-15,27-28H,3-7,16H2,1-2H3. The maximum absolute atomic E-state index is 15.3. The van der Waals surface area contributed by atoms with Crippen molar-refractivity contribution in [3.63, 3.8) is 0 Å². The van der Waals surface area contributed by atoms with Gasteiger partial charge in [0.25, 0.3) is 0 Å². The summed E-state index contributed by atoms with van der Waals surface area (Å²) in [5.41, 5.74) is 1.39. The average molecular weight is 457 g/mol. The SMILES string of the molecule is CCCCc1ccc(OCc2ccc3c(c2F)C(F)C(F)c2c-3ccc(CCC)c2F)cc1. The summed E-state index contributed by atoms with van der Waals surface area (Å²) in [6.07, 6.45) is -0.222. The molecule has 0 spiro atoms. The van der Waals surface area contributed by atoms with Crippen molar-refractivity contribution in [2.75, 3.05) is 0 Å². The summed E-state index contributed by atoms with van der Waals surface area (Å²) in [4.78, 5) is 0. The number of halogens is 4. The van der Waals surface area contributed by atoms with Crippen LogP contribution in [-0.4, -0.2) is 0 Å². The van der Waals surface area contributed by atoms with Gasteiger partial charge in [-0.25, -0.2) is 17.6 Å². The highest BCUT2D eigenvalue weighted by Crippen LogP contribution is 2.51. The number of unbranched alkanes of at least 4 members (excludes halogenated alkanes) is 1. The molecule has 2 unspecified atom stereocenters. The first kappa shape index (κ1) is 23.3. The molecule has 0 heterocycles. The Morgan fingerprint density at radius 3 is 1.85 bits per heavy atom. The molecule has 174 valence electrons. The Kier molecular flexibility index (Phi) is 7.06. The third-order valence-corrected chi connectivity index (χ3v) is 6.27. The number of fused-ring (bicyclic) bond motifs is 3. The van der Waals surface area contributed by atoms with Crippen molar-refractivity contribution in [1.29, 1.82) is 0 Å². The largest absolute Gasteiger partial charge is 0.489 e. The van der Waals surface area contributed by atoms with Crippen molar-refractivity contribution < 1.29 is 22.3 Å². The van der Waals surface area contributed by atoms with Crippen LogP contribution in [0.4, 0.5) is 17.6 Å². The van der Waals surface area contributed by atoms with Crippen molar-refractivity contribution in [2.45, 2.75) is 64.9 Å². The van der Waals surface area contributed by atoms with E-state index in [1.807, 2.05) is 31.2 Å². The van der Waals surface area contributed by atoms with Crippen LogP contribution in [0.2, 0.25) is 0 Å². The molecule has 1 aliphatic carbocycles.